The molecule has 0 bridgehead atoms. The Morgan fingerprint density at radius 1 is 1.32 bits per heavy atom. The highest BCUT2D eigenvalue weighted by molar-refractivity contribution is 5.79. The van der Waals surface area contributed by atoms with Crippen LogP contribution in [0.25, 0.3) is 0 Å². The number of benzene rings is 1. The van der Waals surface area contributed by atoms with Gasteiger partial charge in [0.2, 0.25) is 0 Å². The predicted octanol–water partition coefficient (Wildman–Crippen LogP) is 0.818. The van der Waals surface area contributed by atoms with Crippen LogP contribution in [-0.2, 0) is 11.3 Å². The molecule has 0 amide bonds. The normalized spacial score (nSPS) is 16.3. The van der Waals surface area contributed by atoms with Crippen molar-refractivity contribution in [2.24, 2.45) is 4.99 Å². The summed E-state index contributed by atoms with van der Waals surface area (Å²) in [6.07, 6.45) is 0. The summed E-state index contributed by atoms with van der Waals surface area (Å²) in [5.41, 5.74) is 2.56. The summed E-state index contributed by atoms with van der Waals surface area (Å²) >= 11 is 0. The molecule has 0 atom stereocenters. The summed E-state index contributed by atoms with van der Waals surface area (Å²) < 4.78 is 5.41. The average molecular weight is 262 g/mol. The first-order valence-electron chi connectivity index (χ1n) is 6.64. The number of hydrogen-bond acceptors (Lipinski definition) is 3. The van der Waals surface area contributed by atoms with Gasteiger partial charge in [0.05, 0.1) is 13.2 Å². The standard InChI is InChI=1S/C14H22N4O/c1-15-14(16-2)17-11-12-5-3-4-6-13(12)18-7-9-19-10-8-18/h3-6H,7-11H2,1-2H3,(H2,15,16,17). The molecule has 0 spiro atoms. The van der Waals surface area contributed by atoms with Crippen molar-refractivity contribution in [3.63, 3.8) is 0 Å². The third kappa shape index (κ3) is 3.61. The number of morpholine rings is 1. The molecule has 1 aromatic carbocycles. The highest BCUT2D eigenvalue weighted by Crippen LogP contribution is 2.21. The first kappa shape index (κ1) is 13.7. The second-order valence-electron chi connectivity index (χ2n) is 4.40. The van der Waals surface area contributed by atoms with Gasteiger partial charge in [0.15, 0.2) is 5.96 Å². The molecule has 1 saturated heterocycles. The maximum atomic E-state index is 5.41. The molecule has 1 fully saturated rings. The lowest BCUT2D eigenvalue weighted by Crippen LogP contribution is -2.38. The zero-order valence-electron chi connectivity index (χ0n) is 11.6. The number of para-hydroxylation sites is 1. The monoisotopic (exact) mass is 262 g/mol. The Balaban J connectivity index is 2.07. The Morgan fingerprint density at radius 3 is 2.74 bits per heavy atom. The number of anilines is 1. The summed E-state index contributed by atoms with van der Waals surface area (Å²) in [6, 6.07) is 8.48. The van der Waals surface area contributed by atoms with Crippen molar-refractivity contribution in [1.82, 2.24) is 10.6 Å². The van der Waals surface area contributed by atoms with Crippen LogP contribution in [0.4, 0.5) is 5.69 Å². The zero-order chi connectivity index (χ0) is 13.5. The van der Waals surface area contributed by atoms with E-state index in [9.17, 15) is 0 Å². The van der Waals surface area contributed by atoms with E-state index < -0.39 is 0 Å². The zero-order valence-corrected chi connectivity index (χ0v) is 11.6. The molecule has 1 heterocycles. The summed E-state index contributed by atoms with van der Waals surface area (Å²) in [6.45, 7) is 4.29. The van der Waals surface area contributed by atoms with E-state index in [-0.39, 0.29) is 0 Å². The lowest BCUT2D eigenvalue weighted by molar-refractivity contribution is 0.122. The van der Waals surface area contributed by atoms with Gasteiger partial charge in [-0.1, -0.05) is 18.2 Å². The van der Waals surface area contributed by atoms with Gasteiger partial charge in [0.25, 0.3) is 0 Å². The molecule has 2 N–H and O–H groups in total. The van der Waals surface area contributed by atoms with E-state index in [1.54, 1.807) is 7.05 Å². The lowest BCUT2D eigenvalue weighted by atomic mass is 10.1. The third-order valence-corrected chi connectivity index (χ3v) is 3.25. The van der Waals surface area contributed by atoms with Crippen molar-refractivity contribution in [3.05, 3.63) is 29.8 Å². The third-order valence-electron chi connectivity index (χ3n) is 3.25. The van der Waals surface area contributed by atoms with Crippen molar-refractivity contribution in [2.75, 3.05) is 45.3 Å². The van der Waals surface area contributed by atoms with Crippen molar-refractivity contribution >= 4 is 11.6 Å². The Labute approximate surface area is 114 Å². The SMILES string of the molecule is CN=C(NC)NCc1ccccc1N1CCOCC1. The molecule has 1 aliphatic rings. The lowest BCUT2D eigenvalue weighted by Gasteiger charge is -2.30. The topological polar surface area (TPSA) is 48.9 Å². The number of guanidine groups is 1. The van der Waals surface area contributed by atoms with Crippen molar-refractivity contribution in [3.8, 4) is 0 Å². The number of ether oxygens (including phenoxy) is 1. The number of nitrogens with zero attached hydrogens (tertiary/aromatic N) is 2. The number of aliphatic imine (C=N–C) groups is 1. The summed E-state index contributed by atoms with van der Waals surface area (Å²) in [5.74, 6) is 0.803. The van der Waals surface area contributed by atoms with Crippen LogP contribution in [0.2, 0.25) is 0 Å². The van der Waals surface area contributed by atoms with Crippen molar-refractivity contribution < 1.29 is 4.74 Å². The van der Waals surface area contributed by atoms with E-state index in [0.29, 0.717) is 0 Å². The Kier molecular flexibility index (Phi) is 5.03. The molecule has 5 heteroatoms. The van der Waals surface area contributed by atoms with Gasteiger partial charge in [0.1, 0.15) is 0 Å². The number of nitrogens with one attached hydrogen (secondary N) is 2. The highest BCUT2D eigenvalue weighted by atomic mass is 16.5. The molecule has 1 aromatic rings. The minimum Gasteiger partial charge on any atom is -0.378 e. The van der Waals surface area contributed by atoms with Crippen LogP contribution in [-0.4, -0.2) is 46.4 Å². The van der Waals surface area contributed by atoms with Gasteiger partial charge in [-0.15, -0.1) is 0 Å². The van der Waals surface area contributed by atoms with Gasteiger partial charge >= 0.3 is 0 Å². The molecule has 19 heavy (non-hydrogen) atoms. The Morgan fingerprint density at radius 2 is 2.05 bits per heavy atom. The molecule has 1 aliphatic heterocycles. The average Bonchev–Trinajstić information content (AvgIpc) is 2.49. The molecule has 0 aromatic heterocycles. The van der Waals surface area contributed by atoms with E-state index in [4.69, 9.17) is 4.74 Å². The molecule has 5 nitrogen and oxygen atoms in total. The smallest absolute Gasteiger partial charge is 0.190 e. The maximum absolute atomic E-state index is 5.41. The number of hydrogen-bond donors (Lipinski definition) is 2. The molecule has 0 radical (unpaired) electrons. The minimum absolute atomic E-state index is 0.765. The van der Waals surface area contributed by atoms with Gasteiger partial charge in [-0.3, -0.25) is 4.99 Å². The van der Waals surface area contributed by atoms with Crippen LogP contribution >= 0.6 is 0 Å². The van der Waals surface area contributed by atoms with E-state index in [1.807, 2.05) is 7.05 Å². The fourth-order valence-electron chi connectivity index (χ4n) is 2.23. The van der Waals surface area contributed by atoms with Crippen molar-refractivity contribution in [2.45, 2.75) is 6.54 Å². The van der Waals surface area contributed by atoms with Crippen LogP contribution in [0.3, 0.4) is 0 Å². The molecule has 2 rings (SSSR count). The predicted molar refractivity (Wildman–Crippen MR) is 78.7 cm³/mol. The van der Waals surface area contributed by atoms with E-state index in [2.05, 4.69) is 44.8 Å². The molecule has 0 saturated carbocycles. The maximum Gasteiger partial charge on any atom is 0.190 e. The second-order valence-corrected chi connectivity index (χ2v) is 4.40. The van der Waals surface area contributed by atoms with Gasteiger partial charge in [-0.25, -0.2) is 0 Å². The van der Waals surface area contributed by atoms with Crippen LogP contribution in [0, 0.1) is 0 Å². The quantitative estimate of drug-likeness (QED) is 0.625. The molecular formula is C14H22N4O. The first-order chi connectivity index (χ1) is 9.35. The fourth-order valence-corrected chi connectivity index (χ4v) is 2.23. The van der Waals surface area contributed by atoms with Gasteiger partial charge in [-0.2, -0.15) is 0 Å². The fraction of sp³-hybridized carbons (Fsp3) is 0.500. The van der Waals surface area contributed by atoms with E-state index in [1.165, 1.54) is 11.3 Å². The molecule has 104 valence electrons. The highest BCUT2D eigenvalue weighted by Gasteiger charge is 2.14. The summed E-state index contributed by atoms with van der Waals surface area (Å²) in [4.78, 5) is 6.50. The minimum atomic E-state index is 0.765. The van der Waals surface area contributed by atoms with Gasteiger partial charge < -0.3 is 20.3 Å². The van der Waals surface area contributed by atoms with Gasteiger partial charge in [-0.05, 0) is 11.6 Å². The molecule has 0 unspecified atom stereocenters. The molecular weight excluding hydrogens is 240 g/mol. The number of rotatable bonds is 3. The van der Waals surface area contributed by atoms with Crippen molar-refractivity contribution in [1.29, 1.82) is 0 Å². The van der Waals surface area contributed by atoms with E-state index in [0.717, 1.165) is 38.8 Å². The Bertz CT molecular complexity index is 427. The van der Waals surface area contributed by atoms with Crippen LogP contribution in [0.5, 0.6) is 0 Å². The second kappa shape index (κ2) is 6.99. The van der Waals surface area contributed by atoms with E-state index >= 15 is 0 Å². The largest absolute Gasteiger partial charge is 0.378 e. The first-order valence-corrected chi connectivity index (χ1v) is 6.64. The summed E-state index contributed by atoms with van der Waals surface area (Å²) in [5, 5.41) is 6.32. The van der Waals surface area contributed by atoms with Crippen LogP contribution in [0.1, 0.15) is 5.56 Å². The summed E-state index contributed by atoms with van der Waals surface area (Å²) in [7, 11) is 3.63. The van der Waals surface area contributed by atoms with Gasteiger partial charge in [0, 0.05) is 39.4 Å². The van der Waals surface area contributed by atoms with Crippen LogP contribution < -0.4 is 15.5 Å². The Hall–Kier alpha value is -1.75. The molecule has 0 aliphatic carbocycles. The van der Waals surface area contributed by atoms with Crippen LogP contribution in [0.15, 0.2) is 29.3 Å².